The first-order valence-corrected chi connectivity index (χ1v) is 6.76. The van der Waals surface area contributed by atoms with Crippen molar-refractivity contribution in [2.75, 3.05) is 12.4 Å². The van der Waals surface area contributed by atoms with E-state index >= 15 is 0 Å². The monoisotopic (exact) mass is 299 g/mol. The predicted molar refractivity (Wildman–Crippen MR) is 72.6 cm³/mol. The quantitative estimate of drug-likeness (QED) is 0.901. The van der Waals surface area contributed by atoms with Gasteiger partial charge >= 0.3 is 0 Å². The molecule has 1 aliphatic carbocycles. The summed E-state index contributed by atoms with van der Waals surface area (Å²) in [7, 11) is 1.67. The predicted octanol–water partition coefficient (Wildman–Crippen LogP) is 3.17. The van der Waals surface area contributed by atoms with Crippen molar-refractivity contribution in [3.8, 4) is 5.75 Å². The maximum atomic E-state index is 9.46. The van der Waals surface area contributed by atoms with E-state index in [2.05, 4.69) is 21.2 Å². The van der Waals surface area contributed by atoms with E-state index < -0.39 is 0 Å². The summed E-state index contributed by atoms with van der Waals surface area (Å²) in [5.41, 5.74) is 1.08. The average molecular weight is 300 g/mol. The molecule has 1 fully saturated rings. The fraction of sp³-hybridized carbons (Fsp3) is 0.538. The molecule has 4 heteroatoms. The van der Waals surface area contributed by atoms with Crippen LogP contribution in [-0.4, -0.2) is 24.4 Å². The number of hydrogen-bond donors (Lipinski definition) is 2. The molecule has 0 aromatic heterocycles. The molecule has 0 saturated heterocycles. The topological polar surface area (TPSA) is 41.5 Å². The molecule has 3 nitrogen and oxygen atoms in total. The van der Waals surface area contributed by atoms with Crippen LogP contribution in [0.25, 0.3) is 0 Å². The molecule has 1 aromatic carbocycles. The minimum Gasteiger partial charge on any atom is -0.495 e. The van der Waals surface area contributed by atoms with E-state index in [0.717, 1.165) is 41.6 Å². The van der Waals surface area contributed by atoms with Crippen LogP contribution in [-0.2, 0) is 0 Å². The minimum absolute atomic E-state index is 0.104. The van der Waals surface area contributed by atoms with Gasteiger partial charge in [0.25, 0.3) is 0 Å². The van der Waals surface area contributed by atoms with Crippen molar-refractivity contribution in [3.63, 3.8) is 0 Å². The average Bonchev–Trinajstić information content (AvgIpc) is 2.34. The molecule has 0 bridgehead atoms. The summed E-state index contributed by atoms with van der Waals surface area (Å²) in [4.78, 5) is 0. The molecule has 0 atom stereocenters. The van der Waals surface area contributed by atoms with Gasteiger partial charge in [0.1, 0.15) is 5.75 Å². The van der Waals surface area contributed by atoms with Gasteiger partial charge in [-0.25, -0.2) is 0 Å². The Morgan fingerprint density at radius 1 is 1.29 bits per heavy atom. The molecule has 1 saturated carbocycles. The second-order valence-corrected chi connectivity index (χ2v) is 5.35. The lowest BCUT2D eigenvalue weighted by atomic mass is 9.93. The summed E-state index contributed by atoms with van der Waals surface area (Å²) >= 11 is 3.44. The zero-order chi connectivity index (χ0) is 12.3. The van der Waals surface area contributed by atoms with E-state index in [9.17, 15) is 5.11 Å². The molecule has 0 amide bonds. The molecule has 2 N–H and O–H groups in total. The van der Waals surface area contributed by atoms with Crippen LogP contribution >= 0.6 is 15.9 Å². The van der Waals surface area contributed by atoms with Crippen LogP contribution in [0.15, 0.2) is 22.7 Å². The van der Waals surface area contributed by atoms with Crippen LogP contribution in [0.5, 0.6) is 5.75 Å². The van der Waals surface area contributed by atoms with Crippen molar-refractivity contribution < 1.29 is 9.84 Å². The third-order valence-electron chi connectivity index (χ3n) is 3.22. The van der Waals surface area contributed by atoms with Gasteiger partial charge in [-0.2, -0.15) is 0 Å². The van der Waals surface area contributed by atoms with Gasteiger partial charge in [-0.3, -0.25) is 0 Å². The van der Waals surface area contributed by atoms with Crippen molar-refractivity contribution in [2.24, 2.45) is 0 Å². The van der Waals surface area contributed by atoms with E-state index in [1.807, 2.05) is 18.2 Å². The van der Waals surface area contributed by atoms with Crippen molar-refractivity contribution in [1.29, 1.82) is 0 Å². The Kier molecular flexibility index (Phi) is 4.29. The fourth-order valence-corrected chi connectivity index (χ4v) is 2.61. The number of ether oxygens (including phenoxy) is 1. The summed E-state index contributed by atoms with van der Waals surface area (Å²) in [6, 6.07) is 6.48. The maximum absolute atomic E-state index is 9.46. The Labute approximate surface area is 110 Å². The number of halogens is 1. The van der Waals surface area contributed by atoms with E-state index in [0.29, 0.717) is 6.04 Å². The number of nitrogens with one attached hydrogen (secondary N) is 1. The number of anilines is 1. The van der Waals surface area contributed by atoms with Crippen molar-refractivity contribution in [1.82, 2.24) is 0 Å². The molecular formula is C13H18BrNO2. The third kappa shape index (κ3) is 3.36. The van der Waals surface area contributed by atoms with Crippen molar-refractivity contribution in [3.05, 3.63) is 22.7 Å². The summed E-state index contributed by atoms with van der Waals surface area (Å²) in [5, 5.41) is 12.9. The number of aliphatic hydroxyl groups is 1. The van der Waals surface area contributed by atoms with Crippen LogP contribution in [0.2, 0.25) is 0 Å². The molecule has 0 aliphatic heterocycles. The van der Waals surface area contributed by atoms with Gasteiger partial charge in [0.2, 0.25) is 0 Å². The number of rotatable bonds is 3. The highest BCUT2D eigenvalue weighted by atomic mass is 79.9. The number of benzene rings is 1. The van der Waals surface area contributed by atoms with Crippen LogP contribution in [0, 0.1) is 0 Å². The number of methoxy groups -OCH3 is 1. The van der Waals surface area contributed by atoms with Gasteiger partial charge in [0.15, 0.2) is 0 Å². The molecule has 2 rings (SSSR count). The molecule has 1 aromatic rings. The lowest BCUT2D eigenvalue weighted by Crippen LogP contribution is -2.28. The second-order valence-electron chi connectivity index (χ2n) is 4.50. The maximum Gasteiger partial charge on any atom is 0.135 e. The van der Waals surface area contributed by atoms with E-state index in [1.165, 1.54) is 0 Å². The standard InChI is InChI=1S/C13H18BrNO2/c1-17-13-8-10(4-7-12(13)14)15-9-2-5-11(16)6-3-9/h4,7-9,11,15-16H,2-3,5-6H2,1H3. The van der Waals surface area contributed by atoms with Gasteiger partial charge in [0.05, 0.1) is 17.7 Å². The third-order valence-corrected chi connectivity index (χ3v) is 3.87. The molecular weight excluding hydrogens is 282 g/mol. The van der Waals surface area contributed by atoms with Gasteiger partial charge in [-0.1, -0.05) is 0 Å². The van der Waals surface area contributed by atoms with Gasteiger partial charge < -0.3 is 15.2 Å². The highest BCUT2D eigenvalue weighted by Gasteiger charge is 2.19. The number of hydrogen-bond acceptors (Lipinski definition) is 3. The Morgan fingerprint density at radius 2 is 2.00 bits per heavy atom. The molecule has 0 spiro atoms. The number of aliphatic hydroxyl groups excluding tert-OH is 1. The van der Waals surface area contributed by atoms with Crippen molar-refractivity contribution >= 4 is 21.6 Å². The van der Waals surface area contributed by atoms with E-state index in [-0.39, 0.29) is 6.10 Å². The zero-order valence-corrected chi connectivity index (χ0v) is 11.5. The molecule has 94 valence electrons. The van der Waals surface area contributed by atoms with Crippen LogP contribution in [0.1, 0.15) is 25.7 Å². The van der Waals surface area contributed by atoms with Gasteiger partial charge in [0, 0.05) is 17.8 Å². The Hall–Kier alpha value is -0.740. The van der Waals surface area contributed by atoms with Crippen LogP contribution in [0.4, 0.5) is 5.69 Å². The Morgan fingerprint density at radius 3 is 2.65 bits per heavy atom. The summed E-state index contributed by atoms with van der Waals surface area (Å²) < 4.78 is 6.23. The summed E-state index contributed by atoms with van der Waals surface area (Å²) in [6.07, 6.45) is 3.74. The van der Waals surface area contributed by atoms with Gasteiger partial charge in [-0.15, -0.1) is 0 Å². The molecule has 0 unspecified atom stereocenters. The lowest BCUT2D eigenvalue weighted by molar-refractivity contribution is 0.126. The largest absolute Gasteiger partial charge is 0.495 e. The first-order chi connectivity index (χ1) is 8.19. The summed E-state index contributed by atoms with van der Waals surface area (Å²) in [5.74, 6) is 0.839. The Balaban J connectivity index is 1.99. The smallest absolute Gasteiger partial charge is 0.135 e. The first kappa shape index (κ1) is 12.7. The second kappa shape index (κ2) is 5.74. The minimum atomic E-state index is -0.104. The summed E-state index contributed by atoms with van der Waals surface area (Å²) in [6.45, 7) is 0. The van der Waals surface area contributed by atoms with Gasteiger partial charge in [-0.05, 0) is 53.7 Å². The molecule has 1 aliphatic rings. The fourth-order valence-electron chi connectivity index (χ4n) is 2.21. The molecule has 0 radical (unpaired) electrons. The zero-order valence-electron chi connectivity index (χ0n) is 9.95. The Bertz CT molecular complexity index is 376. The first-order valence-electron chi connectivity index (χ1n) is 5.97. The normalized spacial score (nSPS) is 24.4. The SMILES string of the molecule is COc1cc(NC2CCC(O)CC2)ccc1Br. The van der Waals surface area contributed by atoms with Crippen LogP contribution < -0.4 is 10.1 Å². The molecule has 17 heavy (non-hydrogen) atoms. The van der Waals surface area contributed by atoms with E-state index in [1.54, 1.807) is 7.11 Å². The van der Waals surface area contributed by atoms with Crippen molar-refractivity contribution in [2.45, 2.75) is 37.8 Å². The highest BCUT2D eigenvalue weighted by Crippen LogP contribution is 2.29. The van der Waals surface area contributed by atoms with E-state index in [4.69, 9.17) is 4.74 Å². The van der Waals surface area contributed by atoms with Crippen LogP contribution in [0.3, 0.4) is 0 Å². The molecule has 0 heterocycles. The highest BCUT2D eigenvalue weighted by molar-refractivity contribution is 9.10. The lowest BCUT2D eigenvalue weighted by Gasteiger charge is -2.27.